The molecule has 15 heavy (non-hydrogen) atoms. The van der Waals surface area contributed by atoms with E-state index in [9.17, 15) is 4.79 Å². The molecule has 3 rings (SSSR count). The van der Waals surface area contributed by atoms with Crippen LogP contribution >= 0.6 is 0 Å². The summed E-state index contributed by atoms with van der Waals surface area (Å²) in [7, 11) is 0. The molecule has 2 aliphatic carbocycles. The smallest absolute Gasteiger partial charge is 0.166 e. The Morgan fingerprint density at radius 2 is 1.67 bits per heavy atom. The number of carbonyl (C=O) groups excluding carboxylic acids is 1. The highest BCUT2D eigenvalue weighted by molar-refractivity contribution is 6.03. The molecular weight excluding hydrogens is 184 g/mol. The third kappa shape index (κ3) is 1.01. The maximum Gasteiger partial charge on any atom is 0.166 e. The van der Waals surface area contributed by atoms with Gasteiger partial charge in [0.25, 0.3) is 0 Å². The molecule has 0 fully saturated rings. The second-order valence-electron chi connectivity index (χ2n) is 4.64. The van der Waals surface area contributed by atoms with Gasteiger partial charge < -0.3 is 0 Å². The van der Waals surface area contributed by atoms with Crippen molar-refractivity contribution in [2.45, 2.75) is 32.1 Å². The van der Waals surface area contributed by atoms with Crippen molar-refractivity contribution in [3.63, 3.8) is 0 Å². The van der Waals surface area contributed by atoms with Gasteiger partial charge in [0.1, 0.15) is 0 Å². The van der Waals surface area contributed by atoms with E-state index in [1.807, 2.05) is 13.0 Å². The molecule has 0 heterocycles. The predicted molar refractivity (Wildman–Crippen MR) is 59.9 cm³/mol. The van der Waals surface area contributed by atoms with Gasteiger partial charge in [-0.15, -0.1) is 0 Å². The highest BCUT2D eigenvalue weighted by atomic mass is 16.1. The summed E-state index contributed by atoms with van der Waals surface area (Å²) in [6, 6.07) is 8.41. The normalized spacial score (nSPS) is 28.3. The largest absolute Gasteiger partial charge is 0.294 e. The van der Waals surface area contributed by atoms with Crippen LogP contribution in [0.2, 0.25) is 0 Å². The Morgan fingerprint density at radius 3 is 2.33 bits per heavy atom. The summed E-state index contributed by atoms with van der Waals surface area (Å²) in [5.74, 6) is 0.993. The van der Waals surface area contributed by atoms with Gasteiger partial charge in [0.05, 0.1) is 0 Å². The number of ketones is 1. The fourth-order valence-electron chi connectivity index (χ4n) is 3.01. The fourth-order valence-corrected chi connectivity index (χ4v) is 3.01. The molecule has 0 saturated heterocycles. The van der Waals surface area contributed by atoms with E-state index in [2.05, 4.69) is 25.1 Å². The standard InChI is InChI=1S/C14H14O/c1-8-9(2)14(15)13-7-12(8)10-5-3-4-6-11(10)13/h3-6,12-13H,7H2,1-2H3. The summed E-state index contributed by atoms with van der Waals surface area (Å²) in [5, 5.41) is 0. The average Bonchev–Trinajstić information content (AvgIpc) is 2.62. The molecule has 0 aromatic heterocycles. The summed E-state index contributed by atoms with van der Waals surface area (Å²) in [5.41, 5.74) is 4.92. The van der Waals surface area contributed by atoms with E-state index in [0.29, 0.717) is 11.7 Å². The van der Waals surface area contributed by atoms with Crippen LogP contribution in [0.1, 0.15) is 43.2 Å². The molecule has 1 nitrogen and oxygen atoms in total. The minimum atomic E-state index is 0.148. The van der Waals surface area contributed by atoms with Crippen LogP contribution in [0.4, 0.5) is 0 Å². The fraction of sp³-hybridized carbons (Fsp3) is 0.357. The monoisotopic (exact) mass is 198 g/mol. The molecule has 1 aromatic carbocycles. The minimum absolute atomic E-state index is 0.148. The van der Waals surface area contributed by atoms with Crippen LogP contribution in [0, 0.1) is 0 Å². The summed E-state index contributed by atoms with van der Waals surface area (Å²) >= 11 is 0. The third-order valence-electron chi connectivity index (χ3n) is 4.02. The van der Waals surface area contributed by atoms with E-state index in [-0.39, 0.29) is 5.92 Å². The molecule has 0 amide bonds. The van der Waals surface area contributed by atoms with Gasteiger partial charge >= 0.3 is 0 Å². The predicted octanol–water partition coefficient (Wildman–Crippen LogP) is 3.18. The summed E-state index contributed by atoms with van der Waals surface area (Å²) in [6.07, 6.45) is 1.00. The third-order valence-corrected chi connectivity index (χ3v) is 4.02. The lowest BCUT2D eigenvalue weighted by Gasteiger charge is -2.21. The zero-order chi connectivity index (χ0) is 10.6. The number of fused-ring (bicyclic) bond motifs is 5. The Kier molecular flexibility index (Phi) is 1.67. The van der Waals surface area contributed by atoms with E-state index in [4.69, 9.17) is 0 Å². The second kappa shape index (κ2) is 2.82. The Morgan fingerprint density at radius 1 is 1.07 bits per heavy atom. The minimum Gasteiger partial charge on any atom is -0.294 e. The van der Waals surface area contributed by atoms with Crippen molar-refractivity contribution < 1.29 is 4.79 Å². The molecule has 2 unspecified atom stereocenters. The molecule has 0 saturated carbocycles. The number of hydrogen-bond donors (Lipinski definition) is 0. The number of rotatable bonds is 0. The molecule has 2 aliphatic rings. The average molecular weight is 198 g/mol. The molecule has 0 radical (unpaired) electrons. The Bertz CT molecular complexity index is 482. The molecule has 0 aliphatic heterocycles. The van der Waals surface area contributed by atoms with Gasteiger partial charge in [-0.05, 0) is 37.0 Å². The van der Waals surface area contributed by atoms with E-state index < -0.39 is 0 Å². The molecule has 1 aromatic rings. The van der Waals surface area contributed by atoms with Gasteiger partial charge in [0.2, 0.25) is 0 Å². The van der Waals surface area contributed by atoms with Crippen LogP contribution in [0.5, 0.6) is 0 Å². The van der Waals surface area contributed by atoms with Crippen molar-refractivity contribution in [1.82, 2.24) is 0 Å². The van der Waals surface area contributed by atoms with Gasteiger partial charge in [0.15, 0.2) is 5.78 Å². The lowest BCUT2D eigenvalue weighted by atomic mass is 9.81. The van der Waals surface area contributed by atoms with E-state index in [1.54, 1.807) is 0 Å². The molecule has 2 bridgehead atoms. The first-order valence-electron chi connectivity index (χ1n) is 5.50. The number of Topliss-reactive ketones (excluding diaryl/α,β-unsaturated/α-hetero) is 1. The van der Waals surface area contributed by atoms with Crippen LogP contribution in [0.15, 0.2) is 35.4 Å². The zero-order valence-electron chi connectivity index (χ0n) is 9.08. The summed E-state index contributed by atoms with van der Waals surface area (Å²) in [4.78, 5) is 12.1. The summed E-state index contributed by atoms with van der Waals surface area (Å²) < 4.78 is 0. The van der Waals surface area contributed by atoms with Gasteiger partial charge in [-0.3, -0.25) is 4.79 Å². The highest BCUT2D eigenvalue weighted by Gasteiger charge is 2.40. The molecule has 0 N–H and O–H groups in total. The van der Waals surface area contributed by atoms with Gasteiger partial charge in [-0.2, -0.15) is 0 Å². The number of hydrogen-bond acceptors (Lipinski definition) is 1. The van der Waals surface area contributed by atoms with E-state index in [1.165, 1.54) is 16.7 Å². The topological polar surface area (TPSA) is 17.1 Å². The van der Waals surface area contributed by atoms with Crippen LogP contribution in [0.25, 0.3) is 0 Å². The lowest BCUT2D eigenvalue weighted by Crippen LogP contribution is -2.17. The van der Waals surface area contributed by atoms with Crippen LogP contribution in [-0.4, -0.2) is 5.78 Å². The lowest BCUT2D eigenvalue weighted by molar-refractivity contribution is -0.117. The van der Waals surface area contributed by atoms with Crippen molar-refractivity contribution >= 4 is 5.78 Å². The van der Waals surface area contributed by atoms with Crippen LogP contribution in [0.3, 0.4) is 0 Å². The van der Waals surface area contributed by atoms with Crippen LogP contribution < -0.4 is 0 Å². The number of carbonyl (C=O) groups is 1. The maximum absolute atomic E-state index is 12.1. The first kappa shape index (κ1) is 8.90. The van der Waals surface area contributed by atoms with Gasteiger partial charge in [0, 0.05) is 11.8 Å². The van der Waals surface area contributed by atoms with Crippen molar-refractivity contribution in [2.75, 3.05) is 0 Å². The Labute approximate surface area is 89.8 Å². The zero-order valence-corrected chi connectivity index (χ0v) is 9.08. The quantitative estimate of drug-likeness (QED) is 0.625. The Balaban J connectivity index is 2.26. The molecule has 0 spiro atoms. The highest BCUT2D eigenvalue weighted by Crippen LogP contribution is 2.50. The first-order chi connectivity index (χ1) is 7.20. The molecule has 2 atom stereocenters. The Hall–Kier alpha value is -1.37. The first-order valence-corrected chi connectivity index (χ1v) is 5.50. The van der Waals surface area contributed by atoms with Gasteiger partial charge in [-0.25, -0.2) is 0 Å². The van der Waals surface area contributed by atoms with Crippen LogP contribution in [-0.2, 0) is 4.79 Å². The molecular formula is C14H14O. The van der Waals surface area contributed by atoms with Crippen molar-refractivity contribution in [3.05, 3.63) is 46.5 Å². The number of allylic oxidation sites excluding steroid dienone is 2. The van der Waals surface area contributed by atoms with Crippen molar-refractivity contribution in [1.29, 1.82) is 0 Å². The van der Waals surface area contributed by atoms with Crippen molar-refractivity contribution in [3.8, 4) is 0 Å². The van der Waals surface area contributed by atoms with E-state index >= 15 is 0 Å². The second-order valence-corrected chi connectivity index (χ2v) is 4.64. The summed E-state index contributed by atoms with van der Waals surface area (Å²) in [6.45, 7) is 4.08. The van der Waals surface area contributed by atoms with E-state index in [0.717, 1.165) is 12.0 Å². The maximum atomic E-state index is 12.1. The molecule has 1 heteroatoms. The van der Waals surface area contributed by atoms with Gasteiger partial charge in [-0.1, -0.05) is 29.8 Å². The molecule has 76 valence electrons. The van der Waals surface area contributed by atoms with Crippen molar-refractivity contribution in [2.24, 2.45) is 0 Å². The number of benzene rings is 1. The SMILES string of the molecule is CC1=C(C)C2CC(C1=O)c1ccccc12.